The van der Waals surface area contributed by atoms with E-state index in [0.29, 0.717) is 0 Å². The van der Waals surface area contributed by atoms with Crippen molar-refractivity contribution in [2.75, 3.05) is 32.7 Å². The molecule has 6 rings (SSSR count). The Morgan fingerprint density at radius 2 is 1.25 bits per heavy atom. The Kier molecular flexibility index (Phi) is 5.10. The first kappa shape index (κ1) is 19.5. The van der Waals surface area contributed by atoms with E-state index in [1.165, 1.54) is 43.4 Å². The standard InChI is InChI=1S/C30H28N2/c1-2-6-23(7-3-1)8-5-17-31-18-20-32(21-19-31)22-27-14-13-26-12-11-24-9-4-10-25-15-16-28(27)30(26)29(24)25/h1-16H,17-22H2/b8-5+. The summed E-state index contributed by atoms with van der Waals surface area (Å²) in [5, 5.41) is 8.30. The minimum atomic E-state index is 1.03. The summed E-state index contributed by atoms with van der Waals surface area (Å²) < 4.78 is 0. The first-order valence-corrected chi connectivity index (χ1v) is 11.7. The van der Waals surface area contributed by atoms with Crippen LogP contribution in [0.1, 0.15) is 11.1 Å². The van der Waals surface area contributed by atoms with Crippen LogP contribution in [0.4, 0.5) is 0 Å². The molecule has 0 atom stereocenters. The van der Waals surface area contributed by atoms with Gasteiger partial charge in [0.2, 0.25) is 0 Å². The lowest BCUT2D eigenvalue weighted by Gasteiger charge is -2.34. The van der Waals surface area contributed by atoms with Gasteiger partial charge in [0.05, 0.1) is 0 Å². The molecule has 0 radical (unpaired) electrons. The molecular weight excluding hydrogens is 388 g/mol. The van der Waals surface area contributed by atoms with Gasteiger partial charge in [0, 0.05) is 39.3 Å². The Hall–Kier alpha value is -3.20. The molecule has 1 aliphatic heterocycles. The first-order chi connectivity index (χ1) is 15.8. The second-order valence-electron chi connectivity index (χ2n) is 8.97. The number of piperazine rings is 1. The van der Waals surface area contributed by atoms with E-state index in [-0.39, 0.29) is 0 Å². The maximum Gasteiger partial charge on any atom is 0.0240 e. The monoisotopic (exact) mass is 416 g/mol. The van der Waals surface area contributed by atoms with Crippen LogP contribution in [0.2, 0.25) is 0 Å². The largest absolute Gasteiger partial charge is 0.297 e. The molecule has 0 bridgehead atoms. The number of hydrogen-bond donors (Lipinski definition) is 0. The van der Waals surface area contributed by atoms with Crippen LogP contribution in [-0.2, 0) is 6.54 Å². The molecule has 1 heterocycles. The highest BCUT2D eigenvalue weighted by molar-refractivity contribution is 6.23. The quantitative estimate of drug-likeness (QED) is 0.305. The van der Waals surface area contributed by atoms with Gasteiger partial charge in [0.1, 0.15) is 0 Å². The van der Waals surface area contributed by atoms with Gasteiger partial charge in [0.25, 0.3) is 0 Å². The third-order valence-electron chi connectivity index (χ3n) is 6.95. The zero-order chi connectivity index (χ0) is 21.3. The third kappa shape index (κ3) is 3.66. The SMILES string of the molecule is C(=C\c1ccccc1)/CN1CCN(Cc2ccc3ccc4cccc5ccc2c3c45)CC1. The zero-order valence-electron chi connectivity index (χ0n) is 18.4. The fourth-order valence-corrected chi connectivity index (χ4v) is 5.21. The van der Waals surface area contributed by atoms with Crippen molar-refractivity contribution in [3.63, 3.8) is 0 Å². The molecule has 5 aromatic carbocycles. The molecule has 5 aromatic rings. The highest BCUT2D eigenvalue weighted by atomic mass is 15.3. The van der Waals surface area contributed by atoms with Crippen molar-refractivity contribution in [2.24, 2.45) is 0 Å². The van der Waals surface area contributed by atoms with Crippen LogP contribution in [0.25, 0.3) is 38.4 Å². The van der Waals surface area contributed by atoms with E-state index in [1.807, 2.05) is 0 Å². The Bertz CT molecular complexity index is 1360. The maximum absolute atomic E-state index is 2.61. The smallest absolute Gasteiger partial charge is 0.0240 e. The molecule has 0 amide bonds. The Morgan fingerprint density at radius 3 is 2.03 bits per heavy atom. The van der Waals surface area contributed by atoms with Gasteiger partial charge < -0.3 is 0 Å². The predicted molar refractivity (Wildman–Crippen MR) is 137 cm³/mol. The van der Waals surface area contributed by atoms with Gasteiger partial charge in [-0.15, -0.1) is 0 Å². The Balaban J connectivity index is 1.17. The van der Waals surface area contributed by atoms with Crippen LogP contribution >= 0.6 is 0 Å². The molecule has 2 nitrogen and oxygen atoms in total. The van der Waals surface area contributed by atoms with Crippen molar-refractivity contribution in [3.8, 4) is 0 Å². The lowest BCUT2D eigenvalue weighted by Crippen LogP contribution is -2.45. The molecule has 32 heavy (non-hydrogen) atoms. The van der Waals surface area contributed by atoms with E-state index in [2.05, 4.69) is 107 Å². The van der Waals surface area contributed by atoms with E-state index in [4.69, 9.17) is 0 Å². The topological polar surface area (TPSA) is 6.48 Å². The summed E-state index contributed by atoms with van der Waals surface area (Å²) in [5.41, 5.74) is 2.73. The van der Waals surface area contributed by atoms with Gasteiger partial charge in [-0.05, 0) is 43.4 Å². The number of hydrogen-bond acceptors (Lipinski definition) is 2. The Labute approximate surface area is 189 Å². The lowest BCUT2D eigenvalue weighted by molar-refractivity contribution is 0.137. The van der Waals surface area contributed by atoms with E-state index < -0.39 is 0 Å². The van der Waals surface area contributed by atoms with Gasteiger partial charge in [-0.1, -0.05) is 97.1 Å². The van der Waals surface area contributed by atoms with Crippen molar-refractivity contribution in [1.82, 2.24) is 9.80 Å². The van der Waals surface area contributed by atoms with Crippen molar-refractivity contribution in [2.45, 2.75) is 6.54 Å². The molecule has 0 saturated carbocycles. The van der Waals surface area contributed by atoms with Crippen LogP contribution in [0, 0.1) is 0 Å². The van der Waals surface area contributed by atoms with Crippen LogP contribution in [0.3, 0.4) is 0 Å². The van der Waals surface area contributed by atoms with Crippen molar-refractivity contribution < 1.29 is 0 Å². The molecule has 0 aromatic heterocycles. The summed E-state index contributed by atoms with van der Waals surface area (Å²) >= 11 is 0. The summed E-state index contributed by atoms with van der Waals surface area (Å²) in [6.07, 6.45) is 4.53. The zero-order valence-corrected chi connectivity index (χ0v) is 18.4. The van der Waals surface area contributed by atoms with Gasteiger partial charge in [-0.2, -0.15) is 0 Å². The second-order valence-corrected chi connectivity index (χ2v) is 8.97. The van der Waals surface area contributed by atoms with Gasteiger partial charge in [-0.25, -0.2) is 0 Å². The van der Waals surface area contributed by atoms with Crippen molar-refractivity contribution in [3.05, 3.63) is 102 Å². The normalized spacial score (nSPS) is 16.1. The van der Waals surface area contributed by atoms with Crippen LogP contribution < -0.4 is 0 Å². The van der Waals surface area contributed by atoms with E-state index in [0.717, 1.165) is 39.3 Å². The highest BCUT2D eigenvalue weighted by Crippen LogP contribution is 2.36. The summed E-state index contributed by atoms with van der Waals surface area (Å²) in [6.45, 7) is 6.57. The summed E-state index contributed by atoms with van der Waals surface area (Å²) in [7, 11) is 0. The minimum absolute atomic E-state index is 1.03. The number of rotatable bonds is 5. The van der Waals surface area contributed by atoms with Crippen molar-refractivity contribution in [1.29, 1.82) is 0 Å². The molecule has 1 fully saturated rings. The molecule has 0 unspecified atom stereocenters. The van der Waals surface area contributed by atoms with Crippen LogP contribution in [-0.4, -0.2) is 42.5 Å². The van der Waals surface area contributed by atoms with Crippen LogP contribution in [0.15, 0.2) is 91.0 Å². The van der Waals surface area contributed by atoms with Crippen molar-refractivity contribution >= 4 is 38.4 Å². The fourth-order valence-electron chi connectivity index (χ4n) is 5.21. The molecule has 2 heteroatoms. The lowest BCUT2D eigenvalue weighted by atomic mass is 9.92. The maximum atomic E-state index is 2.61. The Morgan fingerprint density at radius 1 is 0.594 bits per heavy atom. The number of nitrogens with zero attached hydrogens (tertiary/aromatic N) is 2. The van der Waals surface area contributed by atoms with Gasteiger partial charge in [0.15, 0.2) is 0 Å². The molecule has 1 aliphatic rings. The van der Waals surface area contributed by atoms with E-state index in [1.54, 1.807) is 0 Å². The fraction of sp³-hybridized carbons (Fsp3) is 0.200. The molecule has 1 saturated heterocycles. The molecular formula is C30H28N2. The van der Waals surface area contributed by atoms with E-state index in [9.17, 15) is 0 Å². The molecule has 0 aliphatic carbocycles. The third-order valence-corrected chi connectivity index (χ3v) is 6.95. The molecule has 158 valence electrons. The average Bonchev–Trinajstić information content (AvgIpc) is 2.85. The predicted octanol–water partition coefficient (Wildman–Crippen LogP) is 6.42. The van der Waals surface area contributed by atoms with Crippen LogP contribution in [0.5, 0.6) is 0 Å². The summed E-state index contributed by atoms with van der Waals surface area (Å²) in [4.78, 5) is 5.17. The summed E-state index contributed by atoms with van der Waals surface area (Å²) in [5.74, 6) is 0. The van der Waals surface area contributed by atoms with Gasteiger partial charge in [-0.3, -0.25) is 9.80 Å². The van der Waals surface area contributed by atoms with Gasteiger partial charge >= 0.3 is 0 Å². The average molecular weight is 417 g/mol. The first-order valence-electron chi connectivity index (χ1n) is 11.7. The molecule has 0 spiro atoms. The number of benzene rings is 5. The second kappa shape index (κ2) is 8.38. The highest BCUT2D eigenvalue weighted by Gasteiger charge is 2.18. The molecule has 0 N–H and O–H groups in total. The van der Waals surface area contributed by atoms with E-state index >= 15 is 0 Å². The summed E-state index contributed by atoms with van der Waals surface area (Å²) in [6, 6.07) is 31.0. The minimum Gasteiger partial charge on any atom is -0.297 e.